The molecular weight excluding hydrogens is 265 g/mol. The number of rotatable bonds is 1. The largest absolute Gasteiger partial charge is 0.260 e. The van der Waals surface area contributed by atoms with Crippen molar-refractivity contribution in [3.05, 3.63) is 30.1 Å². The fraction of sp³-hybridized carbons (Fsp3) is 0.375. The molecule has 64 valence electrons. The lowest BCUT2D eigenvalue weighted by Gasteiger charge is -2.11. The molecule has 0 aromatic carbocycles. The maximum atomic E-state index is 4.30. The SMILES string of the molecule is IC1CNNC1c1ccccn1. The van der Waals surface area contributed by atoms with E-state index in [0.717, 1.165) is 12.2 Å². The highest BCUT2D eigenvalue weighted by molar-refractivity contribution is 14.1. The third kappa shape index (κ3) is 1.60. The number of nitrogens with zero attached hydrogens (tertiary/aromatic N) is 1. The van der Waals surface area contributed by atoms with Crippen molar-refractivity contribution in [2.45, 2.75) is 9.97 Å². The molecule has 1 saturated heterocycles. The number of pyridine rings is 1. The first-order chi connectivity index (χ1) is 5.88. The molecule has 12 heavy (non-hydrogen) atoms. The van der Waals surface area contributed by atoms with Gasteiger partial charge in [-0.05, 0) is 12.1 Å². The van der Waals surface area contributed by atoms with Gasteiger partial charge in [0, 0.05) is 16.7 Å². The highest BCUT2D eigenvalue weighted by Gasteiger charge is 2.26. The molecule has 2 unspecified atom stereocenters. The Morgan fingerprint density at radius 2 is 2.42 bits per heavy atom. The van der Waals surface area contributed by atoms with Gasteiger partial charge in [-0.25, -0.2) is 5.43 Å². The van der Waals surface area contributed by atoms with Crippen LogP contribution in [0.5, 0.6) is 0 Å². The van der Waals surface area contributed by atoms with E-state index in [2.05, 4.69) is 44.5 Å². The molecule has 3 nitrogen and oxygen atoms in total. The third-order valence-corrected chi connectivity index (χ3v) is 3.08. The summed E-state index contributed by atoms with van der Waals surface area (Å²) in [5, 5.41) is 0. The van der Waals surface area contributed by atoms with Crippen molar-refractivity contribution >= 4 is 22.6 Å². The summed E-state index contributed by atoms with van der Waals surface area (Å²) in [6, 6.07) is 6.36. The van der Waals surface area contributed by atoms with Crippen LogP contribution in [0.1, 0.15) is 11.7 Å². The molecule has 0 amide bonds. The van der Waals surface area contributed by atoms with E-state index in [-0.39, 0.29) is 0 Å². The van der Waals surface area contributed by atoms with E-state index in [1.165, 1.54) is 0 Å². The van der Waals surface area contributed by atoms with Crippen LogP contribution in [0, 0.1) is 0 Å². The Kier molecular flexibility index (Phi) is 2.57. The quantitative estimate of drug-likeness (QED) is 0.594. The van der Waals surface area contributed by atoms with Gasteiger partial charge in [0.25, 0.3) is 0 Å². The van der Waals surface area contributed by atoms with Crippen LogP contribution in [0.25, 0.3) is 0 Å². The van der Waals surface area contributed by atoms with Gasteiger partial charge in [0.2, 0.25) is 0 Å². The highest BCUT2D eigenvalue weighted by Crippen LogP contribution is 2.22. The Labute approximate surface area is 85.1 Å². The first-order valence-electron chi connectivity index (χ1n) is 3.91. The third-order valence-electron chi connectivity index (χ3n) is 1.92. The van der Waals surface area contributed by atoms with Crippen LogP contribution >= 0.6 is 22.6 Å². The Bertz CT molecular complexity index is 252. The van der Waals surface area contributed by atoms with Crippen molar-refractivity contribution < 1.29 is 0 Å². The molecule has 1 aromatic heterocycles. The van der Waals surface area contributed by atoms with Crippen LogP contribution in [0.3, 0.4) is 0 Å². The first-order valence-corrected chi connectivity index (χ1v) is 5.16. The van der Waals surface area contributed by atoms with Crippen LogP contribution in [0.2, 0.25) is 0 Å². The standard InChI is InChI=1S/C8H10IN3/c9-6-5-11-12-8(6)7-3-1-2-4-10-7/h1-4,6,8,11-12H,5H2. The Hall–Kier alpha value is -0.200. The number of hydrogen-bond donors (Lipinski definition) is 2. The molecule has 0 radical (unpaired) electrons. The van der Waals surface area contributed by atoms with Crippen molar-refractivity contribution in [1.82, 2.24) is 15.8 Å². The van der Waals surface area contributed by atoms with Gasteiger partial charge in [-0.2, -0.15) is 0 Å². The van der Waals surface area contributed by atoms with Crippen molar-refractivity contribution in [3.8, 4) is 0 Å². The summed E-state index contributed by atoms with van der Waals surface area (Å²) in [6.07, 6.45) is 1.83. The minimum Gasteiger partial charge on any atom is -0.260 e. The number of hydrogen-bond acceptors (Lipinski definition) is 3. The summed E-state index contributed by atoms with van der Waals surface area (Å²) in [6.45, 7) is 1.00. The fourth-order valence-electron chi connectivity index (χ4n) is 1.29. The molecular formula is C8H10IN3. The second kappa shape index (κ2) is 3.68. The minimum absolute atomic E-state index is 0.354. The molecule has 1 aromatic rings. The van der Waals surface area contributed by atoms with E-state index in [9.17, 15) is 0 Å². The van der Waals surface area contributed by atoms with E-state index in [1.807, 2.05) is 18.3 Å². The maximum absolute atomic E-state index is 4.30. The summed E-state index contributed by atoms with van der Waals surface area (Å²) in [5.41, 5.74) is 7.44. The normalized spacial score (nSPS) is 29.1. The summed E-state index contributed by atoms with van der Waals surface area (Å²) in [7, 11) is 0. The molecule has 0 aliphatic carbocycles. The van der Waals surface area contributed by atoms with Crippen LogP contribution in [0.4, 0.5) is 0 Å². The number of nitrogens with one attached hydrogen (secondary N) is 2. The van der Waals surface area contributed by atoms with Crippen molar-refractivity contribution in [2.75, 3.05) is 6.54 Å². The van der Waals surface area contributed by atoms with E-state index in [1.54, 1.807) is 0 Å². The number of alkyl halides is 1. The molecule has 0 spiro atoms. The Morgan fingerprint density at radius 3 is 3.00 bits per heavy atom. The predicted octanol–water partition coefficient (Wildman–Crippen LogP) is 1.03. The van der Waals surface area contributed by atoms with Crippen LogP contribution in [-0.4, -0.2) is 15.5 Å². The van der Waals surface area contributed by atoms with Crippen LogP contribution < -0.4 is 10.9 Å². The molecule has 2 rings (SSSR count). The lowest BCUT2D eigenvalue weighted by atomic mass is 10.1. The number of hydrazine groups is 1. The van der Waals surface area contributed by atoms with Gasteiger partial charge in [0.05, 0.1) is 11.7 Å². The van der Waals surface area contributed by atoms with E-state index in [0.29, 0.717) is 9.97 Å². The number of halogens is 1. The van der Waals surface area contributed by atoms with Gasteiger partial charge < -0.3 is 0 Å². The average molecular weight is 275 g/mol. The molecule has 0 saturated carbocycles. The first kappa shape index (κ1) is 8.40. The smallest absolute Gasteiger partial charge is 0.0764 e. The van der Waals surface area contributed by atoms with Gasteiger partial charge >= 0.3 is 0 Å². The van der Waals surface area contributed by atoms with Gasteiger partial charge in [0.1, 0.15) is 0 Å². The molecule has 0 bridgehead atoms. The summed E-state index contributed by atoms with van der Waals surface area (Å²) < 4.78 is 0.581. The number of aromatic nitrogens is 1. The van der Waals surface area contributed by atoms with Gasteiger partial charge in [-0.3, -0.25) is 10.4 Å². The molecule has 2 heterocycles. The molecule has 4 heteroatoms. The van der Waals surface area contributed by atoms with Gasteiger partial charge in [-0.1, -0.05) is 28.7 Å². The highest BCUT2D eigenvalue weighted by atomic mass is 127. The van der Waals surface area contributed by atoms with Gasteiger partial charge in [0.15, 0.2) is 0 Å². The van der Waals surface area contributed by atoms with Gasteiger partial charge in [-0.15, -0.1) is 0 Å². The zero-order valence-corrected chi connectivity index (χ0v) is 8.65. The lowest BCUT2D eigenvalue weighted by Crippen LogP contribution is -2.25. The Morgan fingerprint density at radius 1 is 1.50 bits per heavy atom. The zero-order valence-electron chi connectivity index (χ0n) is 6.50. The predicted molar refractivity (Wildman–Crippen MR) is 55.9 cm³/mol. The summed E-state index contributed by atoms with van der Waals surface area (Å²) >= 11 is 2.43. The van der Waals surface area contributed by atoms with E-state index in [4.69, 9.17) is 0 Å². The van der Waals surface area contributed by atoms with E-state index < -0.39 is 0 Å². The van der Waals surface area contributed by atoms with Crippen molar-refractivity contribution in [1.29, 1.82) is 0 Å². The monoisotopic (exact) mass is 275 g/mol. The minimum atomic E-state index is 0.354. The summed E-state index contributed by atoms with van der Waals surface area (Å²) in [5.74, 6) is 0. The fourth-order valence-corrected chi connectivity index (χ4v) is 2.06. The second-order valence-corrected chi connectivity index (χ2v) is 4.37. The van der Waals surface area contributed by atoms with E-state index >= 15 is 0 Å². The molecule has 2 atom stereocenters. The molecule has 1 fully saturated rings. The Balaban J connectivity index is 2.19. The lowest BCUT2D eigenvalue weighted by molar-refractivity contribution is 0.575. The van der Waals surface area contributed by atoms with Crippen LogP contribution in [0.15, 0.2) is 24.4 Å². The zero-order chi connectivity index (χ0) is 8.39. The van der Waals surface area contributed by atoms with Crippen molar-refractivity contribution in [2.24, 2.45) is 0 Å². The second-order valence-electron chi connectivity index (χ2n) is 2.77. The maximum Gasteiger partial charge on any atom is 0.0764 e. The molecule has 2 N–H and O–H groups in total. The molecule has 1 aliphatic rings. The summed E-state index contributed by atoms with van der Waals surface area (Å²) in [4.78, 5) is 4.30. The average Bonchev–Trinajstić information content (AvgIpc) is 2.53. The van der Waals surface area contributed by atoms with Crippen molar-refractivity contribution in [3.63, 3.8) is 0 Å². The van der Waals surface area contributed by atoms with Crippen LogP contribution in [-0.2, 0) is 0 Å². The molecule has 1 aliphatic heterocycles. The topological polar surface area (TPSA) is 37.0 Å².